The Bertz CT molecular complexity index is 512. The van der Waals surface area contributed by atoms with Crippen molar-refractivity contribution in [2.24, 2.45) is 0 Å². The zero-order valence-corrected chi connectivity index (χ0v) is 12.6. The fraction of sp³-hybridized carbons (Fsp3) is 0.357. The van der Waals surface area contributed by atoms with Crippen molar-refractivity contribution in [3.8, 4) is 11.5 Å². The summed E-state index contributed by atoms with van der Waals surface area (Å²) in [6, 6.07) is 3.52. The molecule has 1 aliphatic heterocycles. The molecule has 1 aromatic rings. The number of fused-ring (bicyclic) bond motifs is 1. The summed E-state index contributed by atoms with van der Waals surface area (Å²) >= 11 is 3.40. The summed E-state index contributed by atoms with van der Waals surface area (Å²) in [4.78, 5) is 13.9. The second-order valence-electron chi connectivity index (χ2n) is 4.47. The number of hydrogen-bond donors (Lipinski definition) is 0. The molecule has 102 valence electrons. The van der Waals surface area contributed by atoms with Crippen LogP contribution in [-0.4, -0.2) is 38.0 Å². The monoisotopic (exact) mass is 325 g/mol. The van der Waals surface area contributed by atoms with Crippen molar-refractivity contribution in [2.45, 2.75) is 6.42 Å². The van der Waals surface area contributed by atoms with Gasteiger partial charge in [-0.15, -0.1) is 0 Å². The minimum Gasteiger partial charge on any atom is -0.490 e. The van der Waals surface area contributed by atoms with Crippen LogP contribution in [0.4, 0.5) is 0 Å². The largest absolute Gasteiger partial charge is 0.490 e. The van der Waals surface area contributed by atoms with Gasteiger partial charge >= 0.3 is 0 Å². The minimum absolute atomic E-state index is 0.0729. The fourth-order valence-electron chi connectivity index (χ4n) is 1.68. The summed E-state index contributed by atoms with van der Waals surface area (Å²) < 4.78 is 11.9. The molecule has 0 atom stereocenters. The maximum absolute atomic E-state index is 12.1. The van der Waals surface area contributed by atoms with Gasteiger partial charge in [-0.3, -0.25) is 4.79 Å². The molecule has 2 rings (SSSR count). The van der Waals surface area contributed by atoms with E-state index in [0.29, 0.717) is 34.7 Å². The molecule has 0 N–H and O–H groups in total. The lowest BCUT2D eigenvalue weighted by molar-refractivity contribution is 0.104. The van der Waals surface area contributed by atoms with Gasteiger partial charge in [0.05, 0.1) is 13.2 Å². The lowest BCUT2D eigenvalue weighted by Crippen LogP contribution is -2.04. The van der Waals surface area contributed by atoms with Crippen LogP contribution < -0.4 is 9.47 Å². The molecule has 1 aromatic carbocycles. The minimum atomic E-state index is -0.0729. The van der Waals surface area contributed by atoms with Gasteiger partial charge in [0.1, 0.15) is 0 Å². The number of rotatable bonds is 3. The molecule has 0 saturated heterocycles. The van der Waals surface area contributed by atoms with Crippen LogP contribution in [-0.2, 0) is 0 Å². The van der Waals surface area contributed by atoms with Crippen molar-refractivity contribution >= 4 is 21.7 Å². The molecule has 0 aromatic heterocycles. The molecule has 0 aliphatic carbocycles. The molecule has 5 heteroatoms. The van der Waals surface area contributed by atoms with Crippen LogP contribution in [0.25, 0.3) is 0 Å². The fourth-order valence-corrected chi connectivity index (χ4v) is 2.20. The van der Waals surface area contributed by atoms with Crippen LogP contribution >= 0.6 is 15.9 Å². The molecule has 4 nitrogen and oxygen atoms in total. The highest BCUT2D eigenvalue weighted by Gasteiger charge is 2.16. The van der Waals surface area contributed by atoms with Crippen LogP contribution in [0.5, 0.6) is 11.5 Å². The Kier molecular flexibility index (Phi) is 4.47. The van der Waals surface area contributed by atoms with Gasteiger partial charge in [0, 0.05) is 42.8 Å². The topological polar surface area (TPSA) is 38.8 Å². The lowest BCUT2D eigenvalue weighted by atomic mass is 10.1. The second-order valence-corrected chi connectivity index (χ2v) is 5.33. The van der Waals surface area contributed by atoms with Crippen molar-refractivity contribution in [3.05, 3.63) is 34.4 Å². The third kappa shape index (κ3) is 3.50. The average molecular weight is 326 g/mol. The number of ether oxygens (including phenoxy) is 2. The first-order valence-corrected chi connectivity index (χ1v) is 6.85. The molecular weight excluding hydrogens is 310 g/mol. The van der Waals surface area contributed by atoms with Gasteiger partial charge in [-0.05, 0) is 28.1 Å². The van der Waals surface area contributed by atoms with Gasteiger partial charge < -0.3 is 14.4 Å². The van der Waals surface area contributed by atoms with E-state index in [2.05, 4.69) is 15.9 Å². The molecule has 0 unspecified atom stereocenters. The molecule has 0 fully saturated rings. The Morgan fingerprint density at radius 1 is 1.26 bits per heavy atom. The number of benzene rings is 1. The van der Waals surface area contributed by atoms with Crippen molar-refractivity contribution < 1.29 is 14.3 Å². The van der Waals surface area contributed by atoms with E-state index >= 15 is 0 Å². The zero-order valence-electron chi connectivity index (χ0n) is 11.0. The van der Waals surface area contributed by atoms with E-state index in [1.54, 1.807) is 18.3 Å². The summed E-state index contributed by atoms with van der Waals surface area (Å²) in [5.41, 5.74) is 0.572. The van der Waals surface area contributed by atoms with Crippen molar-refractivity contribution in [3.63, 3.8) is 0 Å². The maximum Gasteiger partial charge on any atom is 0.188 e. The number of hydrogen-bond acceptors (Lipinski definition) is 4. The van der Waals surface area contributed by atoms with E-state index in [-0.39, 0.29) is 5.78 Å². The van der Waals surface area contributed by atoms with E-state index in [1.807, 2.05) is 19.0 Å². The van der Waals surface area contributed by atoms with E-state index < -0.39 is 0 Å². The third-order valence-electron chi connectivity index (χ3n) is 2.63. The van der Waals surface area contributed by atoms with Crippen LogP contribution in [0.1, 0.15) is 16.8 Å². The van der Waals surface area contributed by atoms with Gasteiger partial charge in [-0.25, -0.2) is 0 Å². The number of halogens is 1. The van der Waals surface area contributed by atoms with E-state index in [4.69, 9.17) is 9.47 Å². The van der Waals surface area contributed by atoms with Crippen LogP contribution in [0.3, 0.4) is 0 Å². The van der Waals surface area contributed by atoms with Gasteiger partial charge in [0.2, 0.25) is 0 Å². The Morgan fingerprint density at radius 2 is 1.89 bits per heavy atom. The van der Waals surface area contributed by atoms with Gasteiger partial charge in [0.25, 0.3) is 0 Å². The SMILES string of the molecule is CN(C)C=CC(=O)c1cc2c(cc1Br)OCCCO2. The zero-order chi connectivity index (χ0) is 13.8. The van der Waals surface area contributed by atoms with Gasteiger partial charge in [-0.2, -0.15) is 0 Å². The summed E-state index contributed by atoms with van der Waals surface area (Å²) in [7, 11) is 3.74. The van der Waals surface area contributed by atoms with E-state index in [1.165, 1.54) is 6.08 Å². The van der Waals surface area contributed by atoms with E-state index in [0.717, 1.165) is 6.42 Å². The van der Waals surface area contributed by atoms with Crippen molar-refractivity contribution in [2.75, 3.05) is 27.3 Å². The summed E-state index contributed by atoms with van der Waals surface area (Å²) in [6.45, 7) is 1.24. The summed E-state index contributed by atoms with van der Waals surface area (Å²) in [5.74, 6) is 1.23. The molecular formula is C14H16BrNO3. The molecule has 19 heavy (non-hydrogen) atoms. The van der Waals surface area contributed by atoms with Crippen LogP contribution in [0, 0.1) is 0 Å². The van der Waals surface area contributed by atoms with Crippen molar-refractivity contribution in [1.82, 2.24) is 4.90 Å². The first kappa shape index (κ1) is 13.9. The predicted molar refractivity (Wildman–Crippen MR) is 76.9 cm³/mol. The predicted octanol–water partition coefficient (Wildman–Crippen LogP) is 2.87. The highest BCUT2D eigenvalue weighted by Crippen LogP contribution is 2.35. The summed E-state index contributed by atoms with van der Waals surface area (Å²) in [6.07, 6.45) is 4.10. The van der Waals surface area contributed by atoms with Gasteiger partial charge in [0.15, 0.2) is 17.3 Å². The number of carbonyl (C=O) groups is 1. The molecule has 1 heterocycles. The molecule has 0 amide bonds. The Hall–Kier alpha value is -1.49. The quantitative estimate of drug-likeness (QED) is 0.632. The van der Waals surface area contributed by atoms with Crippen LogP contribution in [0.2, 0.25) is 0 Å². The van der Waals surface area contributed by atoms with Gasteiger partial charge in [-0.1, -0.05) is 0 Å². The Morgan fingerprint density at radius 3 is 2.53 bits per heavy atom. The Labute approximate surface area is 121 Å². The standard InChI is InChI=1S/C14H16BrNO3/c1-16(2)5-4-12(17)10-8-13-14(9-11(10)15)19-7-3-6-18-13/h4-5,8-9H,3,6-7H2,1-2H3. The number of allylic oxidation sites excluding steroid dienone is 1. The molecule has 0 radical (unpaired) electrons. The molecule has 0 spiro atoms. The summed E-state index contributed by atoms with van der Waals surface area (Å²) in [5, 5.41) is 0. The van der Waals surface area contributed by atoms with Crippen molar-refractivity contribution in [1.29, 1.82) is 0 Å². The maximum atomic E-state index is 12.1. The molecule has 0 bridgehead atoms. The van der Waals surface area contributed by atoms with Crippen LogP contribution in [0.15, 0.2) is 28.9 Å². The number of carbonyl (C=O) groups excluding carboxylic acids is 1. The second kappa shape index (κ2) is 6.10. The number of nitrogens with zero attached hydrogens (tertiary/aromatic N) is 1. The molecule has 0 saturated carbocycles. The highest BCUT2D eigenvalue weighted by molar-refractivity contribution is 9.10. The highest BCUT2D eigenvalue weighted by atomic mass is 79.9. The number of ketones is 1. The smallest absolute Gasteiger partial charge is 0.188 e. The average Bonchev–Trinajstić information content (AvgIpc) is 2.59. The first-order valence-electron chi connectivity index (χ1n) is 6.06. The third-order valence-corrected chi connectivity index (χ3v) is 3.28. The normalized spacial score (nSPS) is 14.3. The molecule has 1 aliphatic rings. The lowest BCUT2D eigenvalue weighted by Gasteiger charge is -2.10. The Balaban J connectivity index is 2.31. The van der Waals surface area contributed by atoms with E-state index in [9.17, 15) is 4.79 Å². The first-order chi connectivity index (χ1) is 9.08.